The summed E-state index contributed by atoms with van der Waals surface area (Å²) >= 11 is 0. The van der Waals surface area contributed by atoms with Gasteiger partial charge < -0.3 is 14.8 Å². The van der Waals surface area contributed by atoms with Crippen LogP contribution in [0.5, 0.6) is 11.5 Å². The number of carbonyl (C=O) groups is 3. The molecule has 3 amide bonds. The molecule has 0 radical (unpaired) electrons. The van der Waals surface area contributed by atoms with Crippen molar-refractivity contribution >= 4 is 29.1 Å². The molecule has 30 heavy (non-hydrogen) atoms. The number of nitrogens with zero attached hydrogens (tertiary/aromatic N) is 1. The first-order valence-electron chi connectivity index (χ1n) is 9.14. The third-order valence-corrected chi connectivity index (χ3v) is 4.82. The summed E-state index contributed by atoms with van der Waals surface area (Å²) in [7, 11) is 3.02. The van der Waals surface area contributed by atoms with Crippen LogP contribution >= 0.6 is 0 Å². The highest BCUT2D eigenvalue weighted by Crippen LogP contribution is 2.31. The van der Waals surface area contributed by atoms with Gasteiger partial charge in [0, 0.05) is 11.6 Å². The molecule has 0 aromatic heterocycles. The van der Waals surface area contributed by atoms with Crippen LogP contribution in [0.4, 0.5) is 11.4 Å². The Labute approximate surface area is 172 Å². The number of fused-ring (bicyclic) bond motifs is 1. The summed E-state index contributed by atoms with van der Waals surface area (Å²) in [6.45, 7) is 0. The first-order valence-corrected chi connectivity index (χ1v) is 9.14. The second kappa shape index (κ2) is 7.71. The number of methoxy groups -OCH3 is 2. The molecule has 1 aliphatic heterocycles. The van der Waals surface area contributed by atoms with Crippen molar-refractivity contribution in [3.05, 3.63) is 83.4 Å². The smallest absolute Gasteiger partial charge is 0.266 e. The zero-order valence-electron chi connectivity index (χ0n) is 16.3. The number of imide groups is 1. The van der Waals surface area contributed by atoms with Crippen molar-refractivity contribution in [3.8, 4) is 11.5 Å². The Morgan fingerprint density at radius 1 is 0.833 bits per heavy atom. The first kappa shape index (κ1) is 19.2. The van der Waals surface area contributed by atoms with Crippen molar-refractivity contribution in [1.29, 1.82) is 0 Å². The number of anilines is 2. The number of ether oxygens (including phenoxy) is 2. The van der Waals surface area contributed by atoms with Crippen molar-refractivity contribution in [3.63, 3.8) is 0 Å². The molecule has 7 heteroatoms. The summed E-state index contributed by atoms with van der Waals surface area (Å²) in [4.78, 5) is 39.6. The number of amides is 3. The molecule has 0 saturated carbocycles. The Bertz CT molecular complexity index is 1170. The second-order valence-electron chi connectivity index (χ2n) is 6.56. The van der Waals surface area contributed by atoms with Crippen LogP contribution < -0.4 is 19.7 Å². The van der Waals surface area contributed by atoms with Gasteiger partial charge in [-0.05, 0) is 42.5 Å². The van der Waals surface area contributed by atoms with E-state index in [1.165, 1.54) is 32.4 Å². The van der Waals surface area contributed by atoms with E-state index in [4.69, 9.17) is 9.47 Å². The van der Waals surface area contributed by atoms with E-state index in [9.17, 15) is 14.4 Å². The quantitative estimate of drug-likeness (QED) is 0.657. The molecular weight excluding hydrogens is 384 g/mol. The number of nitrogens with one attached hydrogen (secondary N) is 1. The number of hydrogen-bond acceptors (Lipinski definition) is 5. The lowest BCUT2D eigenvalue weighted by atomic mass is 10.1. The van der Waals surface area contributed by atoms with E-state index < -0.39 is 17.7 Å². The molecule has 0 fully saturated rings. The molecule has 0 aliphatic carbocycles. The Kier molecular flexibility index (Phi) is 4.93. The topological polar surface area (TPSA) is 84.9 Å². The molecule has 0 unspecified atom stereocenters. The van der Waals surface area contributed by atoms with E-state index in [0.29, 0.717) is 22.9 Å². The molecule has 0 bridgehead atoms. The Morgan fingerprint density at radius 2 is 1.60 bits per heavy atom. The van der Waals surface area contributed by atoms with Crippen LogP contribution in [0.1, 0.15) is 31.1 Å². The van der Waals surface area contributed by atoms with E-state index in [1.54, 1.807) is 48.5 Å². The predicted octanol–water partition coefficient (Wildman–Crippen LogP) is 3.76. The van der Waals surface area contributed by atoms with Gasteiger partial charge in [-0.2, -0.15) is 0 Å². The van der Waals surface area contributed by atoms with Gasteiger partial charge in [0.25, 0.3) is 17.7 Å². The van der Waals surface area contributed by atoms with Crippen LogP contribution in [0.3, 0.4) is 0 Å². The molecule has 0 saturated heterocycles. The first-order chi connectivity index (χ1) is 14.5. The second-order valence-corrected chi connectivity index (χ2v) is 6.56. The fourth-order valence-electron chi connectivity index (χ4n) is 3.31. The maximum atomic E-state index is 13.0. The van der Waals surface area contributed by atoms with Crippen molar-refractivity contribution < 1.29 is 23.9 Å². The van der Waals surface area contributed by atoms with Gasteiger partial charge in [0.1, 0.15) is 11.5 Å². The number of hydrogen-bond donors (Lipinski definition) is 1. The summed E-state index contributed by atoms with van der Waals surface area (Å²) in [5.41, 5.74) is 1.59. The minimum atomic E-state index is -0.491. The molecule has 1 N–H and O–H groups in total. The standard InChI is InChI=1S/C23H18N2O5/c1-29-16-7-5-6-15(13-16)25-22(27)17-11-10-14(12-18(17)23(25)28)21(26)24-19-8-3-4-9-20(19)30-2/h3-13H,1-2H3,(H,24,26). The predicted molar refractivity (Wildman–Crippen MR) is 112 cm³/mol. The normalized spacial score (nSPS) is 12.5. The Balaban J connectivity index is 1.64. The average molecular weight is 402 g/mol. The Hall–Kier alpha value is -4.13. The molecule has 3 aromatic rings. The zero-order valence-corrected chi connectivity index (χ0v) is 16.3. The number of rotatable bonds is 5. The van der Waals surface area contributed by atoms with E-state index in [0.717, 1.165) is 4.90 Å². The van der Waals surface area contributed by atoms with Crippen molar-refractivity contribution in [2.75, 3.05) is 24.4 Å². The van der Waals surface area contributed by atoms with Crippen LogP contribution in [0.15, 0.2) is 66.7 Å². The maximum Gasteiger partial charge on any atom is 0.266 e. The van der Waals surface area contributed by atoms with Crippen molar-refractivity contribution in [2.45, 2.75) is 0 Å². The van der Waals surface area contributed by atoms with Gasteiger partial charge in [-0.25, -0.2) is 4.90 Å². The van der Waals surface area contributed by atoms with Gasteiger partial charge in [0.15, 0.2) is 0 Å². The van der Waals surface area contributed by atoms with E-state index in [2.05, 4.69) is 5.32 Å². The number of benzene rings is 3. The number of carbonyl (C=O) groups excluding carboxylic acids is 3. The highest BCUT2D eigenvalue weighted by Gasteiger charge is 2.37. The van der Waals surface area contributed by atoms with Crippen LogP contribution in [0, 0.1) is 0 Å². The van der Waals surface area contributed by atoms with Crippen molar-refractivity contribution in [2.24, 2.45) is 0 Å². The van der Waals surface area contributed by atoms with Crippen molar-refractivity contribution in [1.82, 2.24) is 0 Å². The summed E-state index contributed by atoms with van der Waals surface area (Å²) in [5, 5.41) is 2.76. The highest BCUT2D eigenvalue weighted by atomic mass is 16.5. The van der Waals surface area contributed by atoms with Gasteiger partial charge in [-0.1, -0.05) is 18.2 Å². The summed E-state index contributed by atoms with van der Waals surface area (Å²) < 4.78 is 10.4. The minimum absolute atomic E-state index is 0.176. The lowest BCUT2D eigenvalue weighted by Crippen LogP contribution is -2.29. The number of para-hydroxylation sites is 2. The maximum absolute atomic E-state index is 13.0. The molecular formula is C23H18N2O5. The average Bonchev–Trinajstić information content (AvgIpc) is 3.03. The monoisotopic (exact) mass is 402 g/mol. The fraction of sp³-hybridized carbons (Fsp3) is 0.0870. The lowest BCUT2D eigenvalue weighted by Gasteiger charge is -2.14. The van der Waals surface area contributed by atoms with E-state index >= 15 is 0 Å². The van der Waals surface area contributed by atoms with Gasteiger partial charge in [-0.15, -0.1) is 0 Å². The highest BCUT2D eigenvalue weighted by molar-refractivity contribution is 6.34. The molecule has 1 heterocycles. The van der Waals surface area contributed by atoms with Crippen LogP contribution in [0.25, 0.3) is 0 Å². The van der Waals surface area contributed by atoms with E-state index in [1.807, 2.05) is 0 Å². The Morgan fingerprint density at radius 3 is 2.37 bits per heavy atom. The van der Waals surface area contributed by atoms with Gasteiger partial charge >= 0.3 is 0 Å². The third kappa shape index (κ3) is 3.26. The van der Waals surface area contributed by atoms with Gasteiger partial charge in [0.2, 0.25) is 0 Å². The van der Waals surface area contributed by atoms with Gasteiger partial charge in [-0.3, -0.25) is 14.4 Å². The minimum Gasteiger partial charge on any atom is -0.497 e. The summed E-state index contributed by atoms with van der Waals surface area (Å²) in [6.07, 6.45) is 0. The van der Waals surface area contributed by atoms with Crippen LogP contribution in [0.2, 0.25) is 0 Å². The summed E-state index contributed by atoms with van der Waals surface area (Å²) in [5.74, 6) is -0.305. The van der Waals surface area contributed by atoms with Gasteiger partial charge in [0.05, 0.1) is 36.7 Å². The molecule has 0 spiro atoms. The summed E-state index contributed by atoms with van der Waals surface area (Å²) in [6, 6.07) is 18.1. The SMILES string of the molecule is COc1cccc(N2C(=O)c3ccc(C(=O)Nc4ccccc4OC)cc3C2=O)c1. The largest absolute Gasteiger partial charge is 0.497 e. The molecule has 1 aliphatic rings. The zero-order chi connectivity index (χ0) is 21.3. The molecule has 4 rings (SSSR count). The van der Waals surface area contributed by atoms with E-state index in [-0.39, 0.29) is 16.7 Å². The molecule has 0 atom stereocenters. The lowest BCUT2D eigenvalue weighted by molar-refractivity contribution is 0.0925. The fourth-order valence-corrected chi connectivity index (χ4v) is 3.31. The molecule has 3 aromatic carbocycles. The van der Waals surface area contributed by atoms with Crippen LogP contribution in [-0.4, -0.2) is 31.9 Å². The third-order valence-electron chi connectivity index (χ3n) is 4.82. The molecule has 150 valence electrons. The van der Waals surface area contributed by atoms with Crippen LogP contribution in [-0.2, 0) is 0 Å². The molecule has 7 nitrogen and oxygen atoms in total.